The Morgan fingerprint density at radius 2 is 2.29 bits per heavy atom. The lowest BCUT2D eigenvalue weighted by atomic mass is 10.2. The van der Waals surface area contributed by atoms with Crippen LogP contribution in [0, 0.1) is 0 Å². The van der Waals surface area contributed by atoms with E-state index in [4.69, 9.17) is 9.47 Å². The number of nitrogens with one attached hydrogen (secondary N) is 2. The van der Waals surface area contributed by atoms with Crippen LogP contribution >= 0.6 is 0 Å². The second-order valence-corrected chi connectivity index (χ2v) is 5.17. The summed E-state index contributed by atoms with van der Waals surface area (Å²) in [6.45, 7) is 4.56. The van der Waals surface area contributed by atoms with Gasteiger partial charge in [0, 0.05) is 6.61 Å². The summed E-state index contributed by atoms with van der Waals surface area (Å²) in [5, 5.41) is 5.96. The Kier molecular flexibility index (Phi) is 6.50. The zero-order valence-corrected chi connectivity index (χ0v) is 12.6. The standard InChI is InChI=1S/C16H24N2O3/c1-2-9-17-11-16(19)18-14-7-3-4-8-15(14)21-12-13-6-5-10-20-13/h3-4,7-8,13,17H,2,5-6,9-12H2,1H3,(H,18,19). The highest BCUT2D eigenvalue weighted by molar-refractivity contribution is 5.93. The zero-order valence-electron chi connectivity index (χ0n) is 12.6. The Morgan fingerprint density at radius 3 is 3.05 bits per heavy atom. The molecule has 1 unspecified atom stereocenters. The van der Waals surface area contributed by atoms with E-state index in [9.17, 15) is 4.79 Å². The van der Waals surface area contributed by atoms with E-state index in [0.717, 1.165) is 32.4 Å². The zero-order chi connectivity index (χ0) is 14.9. The van der Waals surface area contributed by atoms with Crippen LogP contribution in [0.4, 0.5) is 5.69 Å². The first-order chi connectivity index (χ1) is 10.3. The van der Waals surface area contributed by atoms with E-state index in [1.807, 2.05) is 24.3 Å². The maximum Gasteiger partial charge on any atom is 0.238 e. The van der Waals surface area contributed by atoms with E-state index in [0.29, 0.717) is 24.6 Å². The minimum absolute atomic E-state index is 0.0587. The fourth-order valence-corrected chi connectivity index (χ4v) is 2.23. The van der Waals surface area contributed by atoms with Gasteiger partial charge < -0.3 is 20.1 Å². The molecule has 1 aliphatic rings. The summed E-state index contributed by atoms with van der Waals surface area (Å²) in [7, 11) is 0. The highest BCUT2D eigenvalue weighted by atomic mass is 16.5. The molecule has 116 valence electrons. The Labute approximate surface area is 126 Å². The first-order valence-corrected chi connectivity index (χ1v) is 7.63. The van der Waals surface area contributed by atoms with E-state index in [2.05, 4.69) is 17.6 Å². The number of rotatable bonds is 8. The first kappa shape index (κ1) is 15.8. The molecule has 1 aromatic rings. The molecule has 1 fully saturated rings. The molecular formula is C16H24N2O3. The Balaban J connectivity index is 1.85. The summed E-state index contributed by atoms with van der Waals surface area (Å²) in [6.07, 6.45) is 3.30. The molecule has 21 heavy (non-hydrogen) atoms. The highest BCUT2D eigenvalue weighted by Crippen LogP contribution is 2.24. The highest BCUT2D eigenvalue weighted by Gasteiger charge is 2.17. The van der Waals surface area contributed by atoms with Crippen LogP contribution in [-0.4, -0.2) is 38.3 Å². The van der Waals surface area contributed by atoms with Crippen molar-refractivity contribution in [2.45, 2.75) is 32.3 Å². The largest absolute Gasteiger partial charge is 0.489 e. The Hall–Kier alpha value is -1.59. The van der Waals surface area contributed by atoms with E-state index in [1.54, 1.807) is 0 Å². The van der Waals surface area contributed by atoms with Crippen LogP contribution in [0.2, 0.25) is 0 Å². The van der Waals surface area contributed by atoms with Crippen LogP contribution in [0.1, 0.15) is 26.2 Å². The summed E-state index contributed by atoms with van der Waals surface area (Å²) < 4.78 is 11.3. The van der Waals surface area contributed by atoms with Gasteiger partial charge in [0.2, 0.25) is 5.91 Å². The van der Waals surface area contributed by atoms with Crippen LogP contribution in [0.25, 0.3) is 0 Å². The molecule has 0 bridgehead atoms. The maximum atomic E-state index is 11.8. The molecule has 2 rings (SSSR count). The molecule has 5 nitrogen and oxygen atoms in total. The van der Waals surface area contributed by atoms with Crippen LogP contribution in [0.3, 0.4) is 0 Å². The molecule has 1 saturated heterocycles. The molecular weight excluding hydrogens is 268 g/mol. The molecule has 0 saturated carbocycles. The minimum Gasteiger partial charge on any atom is -0.489 e. The van der Waals surface area contributed by atoms with E-state index >= 15 is 0 Å². The smallest absolute Gasteiger partial charge is 0.238 e. The van der Waals surface area contributed by atoms with Gasteiger partial charge in [0.15, 0.2) is 0 Å². The van der Waals surface area contributed by atoms with Gasteiger partial charge in [-0.15, -0.1) is 0 Å². The number of hydrogen-bond donors (Lipinski definition) is 2. The van der Waals surface area contributed by atoms with Gasteiger partial charge in [0.05, 0.1) is 18.3 Å². The lowest BCUT2D eigenvalue weighted by Crippen LogP contribution is -2.28. The van der Waals surface area contributed by atoms with Crippen molar-refractivity contribution in [3.05, 3.63) is 24.3 Å². The molecule has 0 radical (unpaired) electrons. The molecule has 1 heterocycles. The van der Waals surface area contributed by atoms with Crippen molar-refractivity contribution >= 4 is 11.6 Å². The monoisotopic (exact) mass is 292 g/mol. The summed E-state index contributed by atoms with van der Waals surface area (Å²) in [5.41, 5.74) is 0.707. The van der Waals surface area contributed by atoms with Gasteiger partial charge in [-0.2, -0.15) is 0 Å². The Bertz CT molecular complexity index is 445. The second kappa shape index (κ2) is 8.64. The van der Waals surface area contributed by atoms with Crippen LogP contribution in [0.5, 0.6) is 5.75 Å². The van der Waals surface area contributed by atoms with Crippen molar-refractivity contribution in [1.29, 1.82) is 0 Å². The SMILES string of the molecule is CCCNCC(=O)Nc1ccccc1OCC1CCCO1. The van der Waals surface area contributed by atoms with Gasteiger partial charge in [-0.25, -0.2) is 0 Å². The third-order valence-electron chi connectivity index (χ3n) is 3.32. The van der Waals surface area contributed by atoms with Gasteiger partial charge >= 0.3 is 0 Å². The number of benzene rings is 1. The molecule has 2 N–H and O–H groups in total. The van der Waals surface area contributed by atoms with Crippen LogP contribution in [0.15, 0.2) is 24.3 Å². The lowest BCUT2D eigenvalue weighted by Gasteiger charge is -2.15. The number of amides is 1. The van der Waals surface area contributed by atoms with E-state index in [1.165, 1.54) is 0 Å². The van der Waals surface area contributed by atoms with Gasteiger partial charge in [-0.3, -0.25) is 4.79 Å². The summed E-state index contributed by atoms with van der Waals surface area (Å²) in [4.78, 5) is 11.8. The minimum atomic E-state index is -0.0587. The van der Waals surface area contributed by atoms with E-state index < -0.39 is 0 Å². The van der Waals surface area contributed by atoms with Crippen molar-refractivity contribution in [2.75, 3.05) is 31.6 Å². The normalized spacial score (nSPS) is 17.7. The molecule has 1 atom stereocenters. The number of hydrogen-bond acceptors (Lipinski definition) is 4. The van der Waals surface area contributed by atoms with Crippen molar-refractivity contribution in [2.24, 2.45) is 0 Å². The molecule has 0 spiro atoms. The summed E-state index contributed by atoms with van der Waals surface area (Å²) >= 11 is 0. The predicted molar refractivity (Wildman–Crippen MR) is 82.7 cm³/mol. The quantitative estimate of drug-likeness (QED) is 0.721. The molecule has 1 amide bonds. The van der Waals surface area contributed by atoms with Gasteiger partial charge in [-0.1, -0.05) is 19.1 Å². The third-order valence-corrected chi connectivity index (χ3v) is 3.32. The maximum absolute atomic E-state index is 11.8. The molecule has 0 aromatic heterocycles. The number of carbonyl (C=O) groups is 1. The van der Waals surface area contributed by atoms with Gasteiger partial charge in [-0.05, 0) is 37.9 Å². The van der Waals surface area contributed by atoms with Crippen molar-refractivity contribution in [1.82, 2.24) is 5.32 Å². The number of carbonyl (C=O) groups excluding carboxylic acids is 1. The fourth-order valence-electron chi connectivity index (χ4n) is 2.23. The first-order valence-electron chi connectivity index (χ1n) is 7.63. The van der Waals surface area contributed by atoms with Gasteiger partial charge in [0.25, 0.3) is 0 Å². The average Bonchev–Trinajstić information content (AvgIpc) is 3.00. The van der Waals surface area contributed by atoms with E-state index in [-0.39, 0.29) is 12.0 Å². The average molecular weight is 292 g/mol. The topological polar surface area (TPSA) is 59.6 Å². The molecule has 5 heteroatoms. The summed E-state index contributed by atoms with van der Waals surface area (Å²) in [6, 6.07) is 7.50. The fraction of sp³-hybridized carbons (Fsp3) is 0.562. The van der Waals surface area contributed by atoms with Crippen molar-refractivity contribution in [3.8, 4) is 5.75 Å². The molecule has 1 aliphatic heterocycles. The van der Waals surface area contributed by atoms with Crippen molar-refractivity contribution < 1.29 is 14.3 Å². The number of ether oxygens (including phenoxy) is 2. The Morgan fingerprint density at radius 1 is 1.43 bits per heavy atom. The lowest BCUT2D eigenvalue weighted by molar-refractivity contribution is -0.115. The van der Waals surface area contributed by atoms with Gasteiger partial charge in [0.1, 0.15) is 12.4 Å². The van der Waals surface area contributed by atoms with Crippen molar-refractivity contribution in [3.63, 3.8) is 0 Å². The summed E-state index contributed by atoms with van der Waals surface area (Å²) in [5.74, 6) is 0.633. The number of para-hydroxylation sites is 2. The predicted octanol–water partition coefficient (Wildman–Crippen LogP) is 2.18. The van der Waals surface area contributed by atoms with Crippen LogP contribution < -0.4 is 15.4 Å². The third kappa shape index (κ3) is 5.36. The second-order valence-electron chi connectivity index (χ2n) is 5.17. The van der Waals surface area contributed by atoms with Crippen LogP contribution in [-0.2, 0) is 9.53 Å². The number of anilines is 1. The molecule has 0 aliphatic carbocycles. The molecule has 1 aromatic carbocycles.